The average Bonchev–Trinajstić information content (AvgIpc) is 2.89. The fourth-order valence-electron chi connectivity index (χ4n) is 2.16. The maximum Gasteiger partial charge on any atom is 0.221 e. The van der Waals surface area contributed by atoms with E-state index in [1.54, 1.807) is 22.9 Å². The van der Waals surface area contributed by atoms with Crippen LogP contribution in [0.1, 0.15) is 17.5 Å². The van der Waals surface area contributed by atoms with Crippen LogP contribution in [0.4, 0.5) is 4.39 Å². The van der Waals surface area contributed by atoms with E-state index >= 15 is 0 Å². The summed E-state index contributed by atoms with van der Waals surface area (Å²) in [6.45, 7) is 1.60. The van der Waals surface area contributed by atoms with Crippen LogP contribution in [-0.2, 0) is 24.9 Å². The third kappa shape index (κ3) is 4.96. The van der Waals surface area contributed by atoms with Gasteiger partial charge in [0.2, 0.25) is 5.91 Å². The van der Waals surface area contributed by atoms with Crippen LogP contribution in [0.3, 0.4) is 0 Å². The highest BCUT2D eigenvalue weighted by molar-refractivity contribution is 5.76. The summed E-state index contributed by atoms with van der Waals surface area (Å²) in [7, 11) is 3.83. The van der Waals surface area contributed by atoms with Gasteiger partial charge in [0, 0.05) is 50.4 Å². The van der Waals surface area contributed by atoms with Crippen LogP contribution in [-0.4, -0.2) is 34.2 Å². The van der Waals surface area contributed by atoms with E-state index in [2.05, 4.69) is 15.3 Å². The monoisotopic (exact) mass is 304 g/mol. The highest BCUT2D eigenvalue weighted by atomic mass is 19.1. The lowest BCUT2D eigenvalue weighted by Crippen LogP contribution is -2.28. The topological polar surface area (TPSA) is 50.2 Å². The number of aryl methyl sites for hydroxylation is 1. The molecule has 1 aromatic carbocycles. The third-order valence-corrected chi connectivity index (χ3v) is 3.37. The molecule has 0 aliphatic rings. The first kappa shape index (κ1) is 16.2. The summed E-state index contributed by atoms with van der Waals surface area (Å²) in [5.74, 6) is -0.377. The van der Waals surface area contributed by atoms with Crippen molar-refractivity contribution < 1.29 is 9.18 Å². The Hall–Kier alpha value is -2.21. The second kappa shape index (κ2) is 7.70. The summed E-state index contributed by atoms with van der Waals surface area (Å²) in [4.78, 5) is 13.9. The molecule has 1 N–H and O–H groups in total. The van der Waals surface area contributed by atoms with Crippen molar-refractivity contribution in [3.63, 3.8) is 0 Å². The van der Waals surface area contributed by atoms with Gasteiger partial charge >= 0.3 is 0 Å². The Morgan fingerprint density at radius 2 is 2.18 bits per heavy atom. The molecular formula is C16H21FN4O. The first-order valence-corrected chi connectivity index (χ1v) is 7.21. The van der Waals surface area contributed by atoms with Crippen molar-refractivity contribution in [1.29, 1.82) is 0 Å². The van der Waals surface area contributed by atoms with Gasteiger partial charge < -0.3 is 10.2 Å². The van der Waals surface area contributed by atoms with E-state index in [0.717, 1.165) is 12.1 Å². The van der Waals surface area contributed by atoms with Gasteiger partial charge in [0.1, 0.15) is 5.82 Å². The smallest absolute Gasteiger partial charge is 0.221 e. The van der Waals surface area contributed by atoms with Crippen LogP contribution in [0, 0.1) is 5.82 Å². The van der Waals surface area contributed by atoms with E-state index in [-0.39, 0.29) is 18.3 Å². The Balaban J connectivity index is 1.70. The SMILES string of the molecule is CN(CCC(=O)NCc1ccccc1F)Cc1cnn(C)c1. The van der Waals surface area contributed by atoms with E-state index in [4.69, 9.17) is 0 Å². The molecule has 0 aliphatic heterocycles. The Kier molecular flexibility index (Phi) is 5.66. The quantitative estimate of drug-likeness (QED) is 0.847. The first-order valence-electron chi connectivity index (χ1n) is 7.21. The minimum absolute atomic E-state index is 0.0821. The molecule has 0 bridgehead atoms. The molecule has 118 valence electrons. The van der Waals surface area contributed by atoms with Gasteiger partial charge in [0.25, 0.3) is 0 Å². The van der Waals surface area contributed by atoms with E-state index in [9.17, 15) is 9.18 Å². The normalized spacial score (nSPS) is 10.9. The third-order valence-electron chi connectivity index (χ3n) is 3.37. The molecule has 0 aliphatic carbocycles. The van der Waals surface area contributed by atoms with Crippen LogP contribution in [0.25, 0.3) is 0 Å². The van der Waals surface area contributed by atoms with Gasteiger partial charge in [-0.2, -0.15) is 5.10 Å². The molecule has 6 heteroatoms. The molecule has 5 nitrogen and oxygen atoms in total. The van der Waals surface area contributed by atoms with Crippen LogP contribution in [0.2, 0.25) is 0 Å². The summed E-state index contributed by atoms with van der Waals surface area (Å²) < 4.78 is 15.2. The fraction of sp³-hybridized carbons (Fsp3) is 0.375. The second-order valence-corrected chi connectivity index (χ2v) is 5.38. The van der Waals surface area contributed by atoms with Gasteiger partial charge in [0.15, 0.2) is 0 Å². The summed E-state index contributed by atoms with van der Waals surface area (Å²) in [5.41, 5.74) is 1.61. The largest absolute Gasteiger partial charge is 0.352 e. The van der Waals surface area contributed by atoms with Crippen LogP contribution < -0.4 is 5.32 Å². The van der Waals surface area contributed by atoms with Gasteiger partial charge in [-0.3, -0.25) is 9.48 Å². The van der Waals surface area contributed by atoms with E-state index in [1.165, 1.54) is 6.07 Å². The van der Waals surface area contributed by atoms with Gasteiger partial charge in [-0.1, -0.05) is 18.2 Å². The zero-order valence-electron chi connectivity index (χ0n) is 12.9. The molecule has 0 saturated carbocycles. The highest BCUT2D eigenvalue weighted by Gasteiger charge is 2.07. The van der Waals surface area contributed by atoms with Crippen LogP contribution >= 0.6 is 0 Å². The molecule has 1 aromatic heterocycles. The number of benzene rings is 1. The average molecular weight is 304 g/mol. The first-order chi connectivity index (χ1) is 10.5. The molecule has 0 unspecified atom stereocenters. The van der Waals surface area contributed by atoms with Crippen molar-refractivity contribution in [2.45, 2.75) is 19.5 Å². The number of nitrogens with one attached hydrogen (secondary N) is 1. The molecule has 22 heavy (non-hydrogen) atoms. The summed E-state index contributed by atoms with van der Waals surface area (Å²) >= 11 is 0. The second-order valence-electron chi connectivity index (χ2n) is 5.38. The van der Waals surface area contributed by atoms with Crippen molar-refractivity contribution in [3.8, 4) is 0 Å². The number of carbonyl (C=O) groups excluding carboxylic acids is 1. The predicted octanol–water partition coefficient (Wildman–Crippen LogP) is 1.70. The van der Waals surface area contributed by atoms with Gasteiger partial charge in [-0.25, -0.2) is 4.39 Å². The summed E-state index contributed by atoms with van der Waals surface area (Å²) in [6.07, 6.45) is 4.15. The lowest BCUT2D eigenvalue weighted by Gasteiger charge is -2.15. The zero-order chi connectivity index (χ0) is 15.9. The molecule has 2 aromatic rings. The maximum atomic E-state index is 13.4. The molecule has 1 amide bonds. The lowest BCUT2D eigenvalue weighted by atomic mass is 10.2. The number of hydrogen-bond acceptors (Lipinski definition) is 3. The molecule has 0 fully saturated rings. The van der Waals surface area contributed by atoms with Crippen LogP contribution in [0.5, 0.6) is 0 Å². The maximum absolute atomic E-state index is 13.4. The molecule has 0 saturated heterocycles. The Labute approximate surface area is 129 Å². The van der Waals surface area contributed by atoms with Crippen molar-refractivity contribution >= 4 is 5.91 Å². The Morgan fingerprint density at radius 1 is 1.41 bits per heavy atom. The van der Waals surface area contributed by atoms with E-state index in [1.807, 2.05) is 26.5 Å². The van der Waals surface area contributed by atoms with E-state index in [0.29, 0.717) is 18.5 Å². The number of rotatable bonds is 7. The van der Waals surface area contributed by atoms with Crippen molar-refractivity contribution in [3.05, 3.63) is 53.6 Å². The van der Waals surface area contributed by atoms with Gasteiger partial charge in [-0.15, -0.1) is 0 Å². The number of carbonyl (C=O) groups is 1. The highest BCUT2D eigenvalue weighted by Crippen LogP contribution is 2.06. The summed E-state index contributed by atoms with van der Waals surface area (Å²) in [5, 5.41) is 6.85. The number of halogens is 1. The predicted molar refractivity (Wildman–Crippen MR) is 82.4 cm³/mol. The zero-order valence-corrected chi connectivity index (χ0v) is 12.9. The lowest BCUT2D eigenvalue weighted by molar-refractivity contribution is -0.121. The minimum atomic E-state index is -0.295. The number of nitrogens with zero attached hydrogens (tertiary/aromatic N) is 3. The number of hydrogen-bond donors (Lipinski definition) is 1. The van der Waals surface area contributed by atoms with Crippen molar-refractivity contribution in [1.82, 2.24) is 20.0 Å². The van der Waals surface area contributed by atoms with Gasteiger partial charge in [-0.05, 0) is 13.1 Å². The van der Waals surface area contributed by atoms with Crippen molar-refractivity contribution in [2.24, 2.45) is 7.05 Å². The van der Waals surface area contributed by atoms with Crippen LogP contribution in [0.15, 0.2) is 36.7 Å². The summed E-state index contributed by atoms with van der Waals surface area (Å²) in [6, 6.07) is 6.45. The number of amides is 1. The molecule has 2 rings (SSSR count). The Morgan fingerprint density at radius 3 is 2.86 bits per heavy atom. The molecule has 0 atom stereocenters. The molecule has 0 radical (unpaired) electrons. The fourth-order valence-corrected chi connectivity index (χ4v) is 2.16. The molecular weight excluding hydrogens is 283 g/mol. The van der Waals surface area contributed by atoms with Crippen molar-refractivity contribution in [2.75, 3.05) is 13.6 Å². The van der Waals surface area contributed by atoms with Gasteiger partial charge in [0.05, 0.1) is 6.20 Å². The Bertz CT molecular complexity index is 626. The minimum Gasteiger partial charge on any atom is -0.352 e. The number of aromatic nitrogens is 2. The van der Waals surface area contributed by atoms with E-state index < -0.39 is 0 Å². The molecule has 1 heterocycles. The standard InChI is InChI=1S/C16H21FN4O/c1-20(11-13-9-19-21(2)12-13)8-7-16(22)18-10-14-5-3-4-6-15(14)17/h3-6,9,12H,7-8,10-11H2,1-2H3,(H,18,22). The molecule has 0 spiro atoms.